The zero-order valence-corrected chi connectivity index (χ0v) is 21.6. The van der Waals surface area contributed by atoms with Crippen LogP contribution in [0.5, 0.6) is 0 Å². The Labute approximate surface area is 216 Å². The fourth-order valence-corrected chi connectivity index (χ4v) is 5.75. The van der Waals surface area contributed by atoms with Crippen molar-refractivity contribution in [2.24, 2.45) is 10.2 Å². The van der Waals surface area contributed by atoms with Crippen LogP contribution in [-0.4, -0.2) is 28.3 Å². The maximum Gasteiger partial charge on any atom is 0.365 e. The quantitative estimate of drug-likeness (QED) is 0.359. The molecular weight excluding hydrogens is 468 g/mol. The number of para-hydroxylation sites is 2. The van der Waals surface area contributed by atoms with E-state index in [0.717, 1.165) is 29.1 Å². The lowest BCUT2D eigenvalue weighted by molar-refractivity contribution is -0.134. The maximum absolute atomic E-state index is 12.8. The Morgan fingerprint density at radius 1 is 0.917 bits per heavy atom. The number of ether oxygens (including phenoxy) is 1. The van der Waals surface area contributed by atoms with E-state index in [2.05, 4.69) is 38.1 Å². The van der Waals surface area contributed by atoms with E-state index in [1.54, 1.807) is 6.92 Å². The number of benzene rings is 3. The molecule has 1 spiro atoms. The fraction of sp³-hybridized carbons (Fsp3) is 0.276. The summed E-state index contributed by atoms with van der Waals surface area (Å²) >= 11 is 1.41. The van der Waals surface area contributed by atoms with Gasteiger partial charge in [0.15, 0.2) is 0 Å². The molecular formula is C29H30N4O2S. The van der Waals surface area contributed by atoms with Gasteiger partial charge in [-0.3, -0.25) is 0 Å². The first-order valence-electron chi connectivity index (χ1n) is 12.3. The van der Waals surface area contributed by atoms with Crippen molar-refractivity contribution in [3.05, 3.63) is 96.1 Å². The van der Waals surface area contributed by atoms with Gasteiger partial charge in [0.05, 0.1) is 23.7 Å². The van der Waals surface area contributed by atoms with E-state index >= 15 is 0 Å². The number of hydrazone groups is 2. The first-order chi connectivity index (χ1) is 17.5. The van der Waals surface area contributed by atoms with Crippen LogP contribution in [-0.2, 0) is 9.53 Å². The zero-order chi connectivity index (χ0) is 25.1. The van der Waals surface area contributed by atoms with Crippen molar-refractivity contribution in [2.75, 3.05) is 16.6 Å². The molecule has 2 aliphatic rings. The highest BCUT2D eigenvalue weighted by atomic mass is 32.2. The van der Waals surface area contributed by atoms with E-state index in [9.17, 15) is 4.79 Å². The minimum absolute atomic E-state index is 0.299. The Bertz CT molecular complexity index is 1280. The Morgan fingerprint density at radius 2 is 1.50 bits per heavy atom. The predicted molar refractivity (Wildman–Crippen MR) is 149 cm³/mol. The molecule has 0 aliphatic carbocycles. The lowest BCUT2D eigenvalue weighted by Gasteiger charge is -2.46. The number of nitrogens with zero attached hydrogens (tertiary/aromatic N) is 4. The average molecular weight is 499 g/mol. The van der Waals surface area contributed by atoms with Gasteiger partial charge < -0.3 is 4.74 Å². The van der Waals surface area contributed by atoms with Gasteiger partial charge in [-0.1, -0.05) is 74.5 Å². The summed E-state index contributed by atoms with van der Waals surface area (Å²) < 4.78 is 5.33. The summed E-state index contributed by atoms with van der Waals surface area (Å²) in [4.78, 5) is 12.1. The molecule has 3 aromatic rings. The molecule has 2 heterocycles. The molecule has 0 saturated heterocycles. The summed E-state index contributed by atoms with van der Waals surface area (Å²) in [6.07, 6.45) is 1.45. The highest BCUT2D eigenvalue weighted by Crippen LogP contribution is 2.50. The molecule has 0 bridgehead atoms. The molecule has 2 aliphatic heterocycles. The van der Waals surface area contributed by atoms with Gasteiger partial charge in [-0.05, 0) is 66.4 Å². The van der Waals surface area contributed by atoms with E-state index in [-0.39, 0.29) is 0 Å². The monoisotopic (exact) mass is 498 g/mol. The number of carbonyl (C=O) groups excluding carboxylic acids is 1. The van der Waals surface area contributed by atoms with Crippen LogP contribution in [0.15, 0.2) is 95.1 Å². The van der Waals surface area contributed by atoms with Gasteiger partial charge in [0.25, 0.3) is 0 Å². The molecule has 1 atom stereocenters. The lowest BCUT2D eigenvalue weighted by atomic mass is 9.97. The number of anilines is 2. The minimum Gasteiger partial charge on any atom is -0.461 e. The van der Waals surface area contributed by atoms with E-state index in [0.29, 0.717) is 24.0 Å². The molecule has 0 N–H and O–H groups in total. The maximum atomic E-state index is 12.8. The third kappa shape index (κ3) is 4.51. The largest absolute Gasteiger partial charge is 0.461 e. The summed E-state index contributed by atoms with van der Waals surface area (Å²) in [5, 5.41) is 14.3. The van der Waals surface area contributed by atoms with Crippen LogP contribution >= 0.6 is 11.8 Å². The van der Waals surface area contributed by atoms with Crippen LogP contribution < -0.4 is 10.0 Å². The summed E-state index contributed by atoms with van der Waals surface area (Å²) in [5.74, 6) is 0.0663. The summed E-state index contributed by atoms with van der Waals surface area (Å²) in [7, 11) is 0. The highest BCUT2D eigenvalue weighted by molar-refractivity contribution is 8.17. The minimum atomic E-state index is -0.744. The van der Waals surface area contributed by atoms with Crippen molar-refractivity contribution < 1.29 is 9.53 Å². The highest BCUT2D eigenvalue weighted by Gasteiger charge is 2.53. The summed E-state index contributed by atoms with van der Waals surface area (Å²) in [5.41, 5.74) is 5.25. The van der Waals surface area contributed by atoms with Crippen molar-refractivity contribution in [3.63, 3.8) is 0 Å². The normalized spacial score (nSPS) is 19.4. The van der Waals surface area contributed by atoms with Gasteiger partial charge in [0.2, 0.25) is 10.0 Å². The smallest absolute Gasteiger partial charge is 0.365 e. The standard InChI is InChI=1S/C29H30N4O2S/c1-4-35-28(34)27-31-33(25-13-9-6-10-14-25)29(36-27)20-19-26(23-17-15-22(16-18-23)21(2)3)30-32(29)24-11-7-5-8-12-24/h5-18,21H,4,19-20H2,1-3H3. The molecule has 0 saturated carbocycles. The van der Waals surface area contributed by atoms with Crippen molar-refractivity contribution in [3.8, 4) is 0 Å². The van der Waals surface area contributed by atoms with Gasteiger partial charge in [0, 0.05) is 6.42 Å². The van der Waals surface area contributed by atoms with Gasteiger partial charge in [0.1, 0.15) is 0 Å². The third-order valence-electron chi connectivity index (χ3n) is 6.38. The Balaban J connectivity index is 1.61. The van der Waals surface area contributed by atoms with Crippen LogP contribution in [0, 0.1) is 0 Å². The molecule has 0 aromatic heterocycles. The van der Waals surface area contributed by atoms with Gasteiger partial charge in [-0.2, -0.15) is 10.2 Å². The number of thioether (sulfide) groups is 1. The first-order valence-corrected chi connectivity index (χ1v) is 13.2. The second-order valence-electron chi connectivity index (χ2n) is 9.09. The second-order valence-corrected chi connectivity index (χ2v) is 10.3. The number of hydrogen-bond acceptors (Lipinski definition) is 7. The van der Waals surface area contributed by atoms with Crippen LogP contribution in [0.3, 0.4) is 0 Å². The first kappa shape index (κ1) is 24.1. The zero-order valence-electron chi connectivity index (χ0n) is 20.8. The van der Waals surface area contributed by atoms with Crippen LogP contribution in [0.1, 0.15) is 50.7 Å². The summed E-state index contributed by atoms with van der Waals surface area (Å²) in [6, 6.07) is 28.7. The van der Waals surface area contributed by atoms with E-state index in [4.69, 9.17) is 14.9 Å². The molecule has 36 heavy (non-hydrogen) atoms. The van der Waals surface area contributed by atoms with Gasteiger partial charge in [-0.25, -0.2) is 14.8 Å². The third-order valence-corrected chi connectivity index (χ3v) is 7.70. The predicted octanol–water partition coefficient (Wildman–Crippen LogP) is 6.60. The number of hydrogen-bond donors (Lipinski definition) is 0. The molecule has 5 rings (SSSR count). The van der Waals surface area contributed by atoms with Crippen molar-refractivity contribution in [1.29, 1.82) is 0 Å². The Hall–Kier alpha value is -3.58. The fourth-order valence-electron chi connectivity index (χ4n) is 4.51. The molecule has 6 nitrogen and oxygen atoms in total. The number of rotatable bonds is 6. The van der Waals surface area contributed by atoms with E-state index in [1.165, 1.54) is 17.3 Å². The number of esters is 1. The van der Waals surface area contributed by atoms with Crippen molar-refractivity contribution in [1.82, 2.24) is 0 Å². The Kier molecular flexibility index (Phi) is 6.83. The molecule has 0 fully saturated rings. The van der Waals surface area contributed by atoms with Crippen molar-refractivity contribution in [2.45, 2.75) is 44.5 Å². The average Bonchev–Trinajstić information content (AvgIpc) is 3.30. The van der Waals surface area contributed by atoms with Crippen LogP contribution in [0.2, 0.25) is 0 Å². The van der Waals surface area contributed by atoms with Crippen molar-refractivity contribution >= 4 is 39.9 Å². The van der Waals surface area contributed by atoms with E-state index in [1.807, 2.05) is 70.7 Å². The molecule has 0 amide bonds. The van der Waals surface area contributed by atoms with Crippen LogP contribution in [0.25, 0.3) is 0 Å². The molecule has 0 radical (unpaired) electrons. The molecule has 3 aromatic carbocycles. The molecule has 7 heteroatoms. The number of carbonyl (C=O) groups is 1. The van der Waals surface area contributed by atoms with Crippen LogP contribution in [0.4, 0.5) is 11.4 Å². The summed E-state index contributed by atoms with van der Waals surface area (Å²) in [6.45, 7) is 6.50. The Morgan fingerprint density at radius 3 is 2.06 bits per heavy atom. The second kappa shape index (κ2) is 10.2. The van der Waals surface area contributed by atoms with Gasteiger partial charge in [-0.15, -0.1) is 0 Å². The van der Waals surface area contributed by atoms with Gasteiger partial charge >= 0.3 is 5.97 Å². The van der Waals surface area contributed by atoms with E-state index < -0.39 is 11.0 Å². The molecule has 184 valence electrons. The topological polar surface area (TPSA) is 57.5 Å². The SMILES string of the molecule is CCOC(=O)C1=NN(c2ccccc2)C2(CCC(c3ccc(C(C)C)cc3)=NN2c2ccccc2)S1. The molecule has 1 unspecified atom stereocenters. The lowest BCUT2D eigenvalue weighted by Crippen LogP contribution is -2.56.